The Balaban J connectivity index is 1.51. The predicted octanol–water partition coefficient (Wildman–Crippen LogP) is 5.92. The summed E-state index contributed by atoms with van der Waals surface area (Å²) in [4.78, 5) is 21.7. The number of carbonyl (C=O) groups is 1. The van der Waals surface area contributed by atoms with Crippen molar-refractivity contribution >= 4 is 17.4 Å². The van der Waals surface area contributed by atoms with E-state index in [2.05, 4.69) is 34.2 Å². The lowest BCUT2D eigenvalue weighted by atomic mass is 10.1. The number of halogens is 3. The number of rotatable bonds is 8. The number of amides is 1. The zero-order valence-corrected chi connectivity index (χ0v) is 20.3. The van der Waals surface area contributed by atoms with E-state index in [-0.39, 0.29) is 17.7 Å². The summed E-state index contributed by atoms with van der Waals surface area (Å²) in [5, 5.41) is 6.31. The Hall–Kier alpha value is -4.08. The molecule has 1 saturated carbocycles. The minimum Gasteiger partial charge on any atom is -0.406 e. The van der Waals surface area contributed by atoms with Crippen LogP contribution in [0.15, 0.2) is 60.9 Å². The third kappa shape index (κ3) is 5.84. The lowest BCUT2D eigenvalue weighted by Gasteiger charge is -2.13. The maximum Gasteiger partial charge on any atom is 0.573 e. The molecular formula is C27H26F3N5O2. The predicted molar refractivity (Wildman–Crippen MR) is 134 cm³/mol. The first-order valence-corrected chi connectivity index (χ1v) is 12.1. The summed E-state index contributed by atoms with van der Waals surface area (Å²) < 4.78 is 43.6. The summed E-state index contributed by atoms with van der Waals surface area (Å²) in [6, 6.07) is 13.2. The van der Waals surface area contributed by atoms with Crippen LogP contribution in [-0.2, 0) is 0 Å². The van der Waals surface area contributed by atoms with Crippen LogP contribution < -0.4 is 15.4 Å². The van der Waals surface area contributed by atoms with E-state index in [1.807, 2.05) is 16.5 Å². The minimum atomic E-state index is -4.76. The largest absolute Gasteiger partial charge is 0.573 e. The van der Waals surface area contributed by atoms with Crippen molar-refractivity contribution in [2.24, 2.45) is 5.92 Å². The molecule has 192 valence electrons. The third-order valence-corrected chi connectivity index (χ3v) is 5.91. The summed E-state index contributed by atoms with van der Waals surface area (Å²) in [6.45, 7) is 4.81. The monoisotopic (exact) mass is 509 g/mol. The number of fused-ring (bicyclic) bond motifs is 1. The van der Waals surface area contributed by atoms with E-state index in [1.165, 1.54) is 24.3 Å². The van der Waals surface area contributed by atoms with Gasteiger partial charge in [-0.15, -0.1) is 13.2 Å². The highest BCUT2D eigenvalue weighted by Crippen LogP contribution is 2.30. The first kappa shape index (κ1) is 24.6. The molecule has 1 aliphatic rings. The number of nitrogens with one attached hydrogen (secondary N) is 2. The Kier molecular flexibility index (Phi) is 6.49. The van der Waals surface area contributed by atoms with Crippen molar-refractivity contribution in [2.45, 2.75) is 39.1 Å². The molecule has 0 bridgehead atoms. The number of carbonyl (C=O) groups excluding carboxylic acids is 1. The zero-order chi connectivity index (χ0) is 26.2. The van der Waals surface area contributed by atoms with Crippen molar-refractivity contribution in [3.05, 3.63) is 66.5 Å². The smallest absolute Gasteiger partial charge is 0.406 e. The average Bonchev–Trinajstić information content (AvgIpc) is 3.57. The Morgan fingerprint density at radius 1 is 1.08 bits per heavy atom. The molecule has 0 saturated heterocycles. The van der Waals surface area contributed by atoms with Crippen LogP contribution in [-0.4, -0.2) is 39.2 Å². The van der Waals surface area contributed by atoms with Gasteiger partial charge in [-0.25, -0.2) is 9.97 Å². The molecular weight excluding hydrogens is 483 g/mol. The van der Waals surface area contributed by atoms with Crippen LogP contribution in [0.1, 0.15) is 37.0 Å². The molecule has 1 aliphatic carbocycles. The maximum atomic E-state index is 12.6. The Morgan fingerprint density at radius 3 is 2.38 bits per heavy atom. The average molecular weight is 510 g/mol. The molecule has 1 amide bonds. The van der Waals surface area contributed by atoms with Gasteiger partial charge in [-0.2, -0.15) is 0 Å². The normalized spacial score (nSPS) is 13.7. The number of ether oxygens (including phenoxy) is 1. The molecule has 0 atom stereocenters. The summed E-state index contributed by atoms with van der Waals surface area (Å²) in [5.74, 6) is 0.531. The highest BCUT2D eigenvalue weighted by atomic mass is 19.4. The Labute approximate surface area is 211 Å². The van der Waals surface area contributed by atoms with E-state index in [9.17, 15) is 18.0 Å². The Bertz CT molecular complexity index is 1410. The van der Waals surface area contributed by atoms with Gasteiger partial charge in [0.15, 0.2) is 11.5 Å². The van der Waals surface area contributed by atoms with Crippen LogP contribution in [0.25, 0.3) is 28.2 Å². The number of hydrogen-bond acceptors (Lipinski definition) is 5. The van der Waals surface area contributed by atoms with E-state index >= 15 is 0 Å². The van der Waals surface area contributed by atoms with Crippen LogP contribution in [0.3, 0.4) is 0 Å². The first-order chi connectivity index (χ1) is 17.7. The molecule has 5 rings (SSSR count). The van der Waals surface area contributed by atoms with Gasteiger partial charge in [0.05, 0.1) is 17.6 Å². The number of hydrogen-bond donors (Lipinski definition) is 2. The van der Waals surface area contributed by atoms with Crippen LogP contribution >= 0.6 is 0 Å². The molecule has 1 fully saturated rings. The van der Waals surface area contributed by atoms with Crippen LogP contribution in [0.2, 0.25) is 0 Å². The summed E-state index contributed by atoms with van der Waals surface area (Å²) in [7, 11) is 0. The Morgan fingerprint density at radius 2 is 1.76 bits per heavy atom. The van der Waals surface area contributed by atoms with Gasteiger partial charge in [-0.3, -0.25) is 9.20 Å². The lowest BCUT2D eigenvalue weighted by molar-refractivity contribution is -0.274. The van der Waals surface area contributed by atoms with Crippen molar-refractivity contribution in [1.29, 1.82) is 0 Å². The summed E-state index contributed by atoms with van der Waals surface area (Å²) in [6.07, 6.45) is 0.819. The van der Waals surface area contributed by atoms with Gasteiger partial charge in [0.1, 0.15) is 5.75 Å². The molecule has 2 aromatic heterocycles. The minimum absolute atomic E-state index is 0.0863. The van der Waals surface area contributed by atoms with E-state index in [0.29, 0.717) is 40.7 Å². The van der Waals surface area contributed by atoms with Gasteiger partial charge in [0.25, 0.3) is 5.91 Å². The summed E-state index contributed by atoms with van der Waals surface area (Å²) in [5.41, 5.74) is 4.03. The standard InChI is InChI=1S/C27H26F3N5O2/c1-16(2)13-31-24-25-32-14-23(18-3-5-19(6-4-18)26(36)33-20-9-10-20)35(25)15-22(34-24)17-7-11-21(12-8-17)37-27(28,29)30/h3-8,11-12,14-16,20H,9-10,13H2,1-2H3,(H,31,34)(H,33,36). The van der Waals surface area contributed by atoms with Crippen LogP contribution in [0, 0.1) is 5.92 Å². The molecule has 2 N–H and O–H groups in total. The fourth-order valence-corrected chi connectivity index (χ4v) is 3.88. The van der Waals surface area contributed by atoms with Crippen molar-refractivity contribution in [2.75, 3.05) is 11.9 Å². The van der Waals surface area contributed by atoms with E-state index in [4.69, 9.17) is 4.98 Å². The lowest BCUT2D eigenvalue weighted by Crippen LogP contribution is -2.25. The van der Waals surface area contributed by atoms with Crippen molar-refractivity contribution in [3.8, 4) is 28.3 Å². The second-order valence-corrected chi connectivity index (χ2v) is 9.48. The van der Waals surface area contributed by atoms with Crippen molar-refractivity contribution in [3.63, 3.8) is 0 Å². The van der Waals surface area contributed by atoms with Gasteiger partial charge in [0.2, 0.25) is 0 Å². The molecule has 0 spiro atoms. The molecule has 7 nitrogen and oxygen atoms in total. The second-order valence-electron chi connectivity index (χ2n) is 9.48. The number of aromatic nitrogens is 3. The van der Waals surface area contributed by atoms with E-state index in [0.717, 1.165) is 24.1 Å². The molecule has 37 heavy (non-hydrogen) atoms. The molecule has 4 aromatic rings. The first-order valence-electron chi connectivity index (χ1n) is 12.1. The van der Waals surface area contributed by atoms with Gasteiger partial charge in [-0.05, 0) is 55.2 Å². The topological polar surface area (TPSA) is 80.5 Å². The van der Waals surface area contributed by atoms with Crippen LogP contribution in [0.5, 0.6) is 5.75 Å². The maximum absolute atomic E-state index is 12.6. The third-order valence-electron chi connectivity index (χ3n) is 5.91. The number of nitrogens with zero attached hydrogens (tertiary/aromatic N) is 3. The quantitative estimate of drug-likeness (QED) is 0.308. The fraction of sp³-hybridized carbons (Fsp3) is 0.296. The molecule has 0 radical (unpaired) electrons. The summed E-state index contributed by atoms with van der Waals surface area (Å²) >= 11 is 0. The number of imidazole rings is 1. The SMILES string of the molecule is CC(C)CNc1nc(-c2ccc(OC(F)(F)F)cc2)cn2c(-c3ccc(C(=O)NC4CC4)cc3)cnc12. The highest BCUT2D eigenvalue weighted by Gasteiger charge is 2.31. The number of anilines is 1. The molecule has 10 heteroatoms. The van der Waals surface area contributed by atoms with Gasteiger partial charge < -0.3 is 15.4 Å². The van der Waals surface area contributed by atoms with Gasteiger partial charge in [-0.1, -0.05) is 26.0 Å². The van der Waals surface area contributed by atoms with E-state index in [1.54, 1.807) is 24.5 Å². The molecule has 0 unspecified atom stereocenters. The van der Waals surface area contributed by atoms with Gasteiger partial charge in [0, 0.05) is 35.5 Å². The fourth-order valence-electron chi connectivity index (χ4n) is 3.88. The molecule has 2 heterocycles. The highest BCUT2D eigenvalue weighted by molar-refractivity contribution is 5.95. The zero-order valence-electron chi connectivity index (χ0n) is 20.3. The van der Waals surface area contributed by atoms with E-state index < -0.39 is 6.36 Å². The van der Waals surface area contributed by atoms with Gasteiger partial charge >= 0.3 is 6.36 Å². The molecule has 0 aliphatic heterocycles. The van der Waals surface area contributed by atoms with Crippen LogP contribution in [0.4, 0.5) is 19.0 Å². The second kappa shape index (κ2) is 9.76. The molecule has 2 aromatic carbocycles. The van der Waals surface area contributed by atoms with Crippen molar-refractivity contribution < 1.29 is 22.7 Å². The van der Waals surface area contributed by atoms with Crippen molar-refractivity contribution in [1.82, 2.24) is 19.7 Å². The number of alkyl halides is 3. The number of benzene rings is 2.